The van der Waals surface area contributed by atoms with E-state index in [0.29, 0.717) is 17.3 Å². The molecule has 4 nitrogen and oxygen atoms in total. The van der Waals surface area contributed by atoms with Crippen molar-refractivity contribution in [1.82, 2.24) is 4.98 Å². The number of nitrogens with zero attached hydrogens (tertiary/aromatic N) is 2. The van der Waals surface area contributed by atoms with Crippen LogP contribution in [0.5, 0.6) is 11.6 Å². The van der Waals surface area contributed by atoms with Crippen molar-refractivity contribution in [2.75, 3.05) is 5.73 Å². The van der Waals surface area contributed by atoms with Crippen molar-refractivity contribution in [3.63, 3.8) is 0 Å². The molecular weight excluding hydrogens is 250 g/mol. The molecule has 4 heteroatoms. The van der Waals surface area contributed by atoms with Crippen LogP contribution in [0.3, 0.4) is 0 Å². The third kappa shape index (κ3) is 2.13. The van der Waals surface area contributed by atoms with Crippen LogP contribution >= 0.6 is 0 Å². The number of nitrogen functional groups attached to an aromatic ring is 1. The molecule has 0 radical (unpaired) electrons. The molecule has 0 saturated carbocycles. The van der Waals surface area contributed by atoms with E-state index in [1.807, 2.05) is 48.5 Å². The van der Waals surface area contributed by atoms with Crippen LogP contribution in [0, 0.1) is 11.3 Å². The summed E-state index contributed by atoms with van der Waals surface area (Å²) >= 11 is 0. The Morgan fingerprint density at radius 3 is 2.65 bits per heavy atom. The normalized spacial score (nSPS) is 10.2. The van der Waals surface area contributed by atoms with E-state index in [2.05, 4.69) is 4.98 Å². The van der Waals surface area contributed by atoms with Crippen LogP contribution in [0.15, 0.2) is 54.6 Å². The largest absolute Gasteiger partial charge is 0.438 e. The molecule has 2 aromatic carbocycles. The van der Waals surface area contributed by atoms with E-state index in [9.17, 15) is 0 Å². The third-order valence-corrected chi connectivity index (χ3v) is 2.97. The molecule has 1 heterocycles. The number of nitriles is 1. The van der Waals surface area contributed by atoms with E-state index in [0.717, 1.165) is 10.8 Å². The molecule has 3 aromatic rings. The number of anilines is 1. The summed E-state index contributed by atoms with van der Waals surface area (Å²) in [5, 5.41) is 11.0. The monoisotopic (exact) mass is 261 g/mol. The van der Waals surface area contributed by atoms with Crippen LogP contribution in [-0.2, 0) is 0 Å². The first-order valence-corrected chi connectivity index (χ1v) is 6.10. The maximum absolute atomic E-state index is 8.93. The topological polar surface area (TPSA) is 71.9 Å². The molecule has 0 aliphatic carbocycles. The van der Waals surface area contributed by atoms with Gasteiger partial charge in [0.05, 0.1) is 5.69 Å². The van der Waals surface area contributed by atoms with Crippen LogP contribution in [0.4, 0.5) is 5.69 Å². The average Bonchev–Trinajstić information content (AvgIpc) is 2.49. The van der Waals surface area contributed by atoms with Gasteiger partial charge in [-0.25, -0.2) is 4.98 Å². The van der Waals surface area contributed by atoms with Gasteiger partial charge in [0.25, 0.3) is 0 Å². The number of fused-ring (bicyclic) bond motifs is 1. The van der Waals surface area contributed by atoms with Crippen LogP contribution in [-0.4, -0.2) is 4.98 Å². The summed E-state index contributed by atoms with van der Waals surface area (Å²) < 4.78 is 5.77. The van der Waals surface area contributed by atoms with Gasteiger partial charge in [0, 0.05) is 11.5 Å². The predicted octanol–water partition coefficient (Wildman–Crippen LogP) is 3.48. The molecule has 0 amide bonds. The molecule has 2 N–H and O–H groups in total. The van der Waals surface area contributed by atoms with E-state index in [1.54, 1.807) is 12.1 Å². The van der Waals surface area contributed by atoms with E-state index >= 15 is 0 Å². The lowest BCUT2D eigenvalue weighted by Gasteiger charge is -2.08. The Morgan fingerprint density at radius 2 is 1.80 bits per heavy atom. The van der Waals surface area contributed by atoms with Gasteiger partial charge in [-0.05, 0) is 17.5 Å². The standard InChI is InChI=1S/C16H11N3O/c17-10-14-13(18)8-9-16(19-14)20-15-7-3-5-11-4-1-2-6-12(11)15/h1-9H,18H2. The van der Waals surface area contributed by atoms with Gasteiger partial charge in [-0.1, -0.05) is 36.4 Å². The molecule has 0 unspecified atom stereocenters. The van der Waals surface area contributed by atoms with Crippen molar-refractivity contribution in [2.45, 2.75) is 0 Å². The zero-order chi connectivity index (χ0) is 13.9. The summed E-state index contributed by atoms with van der Waals surface area (Å²) in [4.78, 5) is 4.08. The minimum Gasteiger partial charge on any atom is -0.438 e. The first kappa shape index (κ1) is 12.0. The number of hydrogen-bond donors (Lipinski definition) is 1. The van der Waals surface area contributed by atoms with Gasteiger partial charge in [0.1, 0.15) is 11.8 Å². The highest BCUT2D eigenvalue weighted by Crippen LogP contribution is 2.29. The van der Waals surface area contributed by atoms with Crippen LogP contribution in [0.2, 0.25) is 0 Å². The molecule has 20 heavy (non-hydrogen) atoms. The lowest BCUT2D eigenvalue weighted by atomic mass is 10.1. The third-order valence-electron chi connectivity index (χ3n) is 2.97. The second-order valence-corrected chi connectivity index (χ2v) is 4.28. The zero-order valence-electron chi connectivity index (χ0n) is 10.6. The Labute approximate surface area is 116 Å². The van der Waals surface area contributed by atoms with Gasteiger partial charge in [-0.2, -0.15) is 5.26 Å². The van der Waals surface area contributed by atoms with Crippen molar-refractivity contribution >= 4 is 16.5 Å². The van der Waals surface area contributed by atoms with Crippen molar-refractivity contribution in [2.24, 2.45) is 0 Å². The number of aromatic nitrogens is 1. The SMILES string of the molecule is N#Cc1nc(Oc2cccc3ccccc23)ccc1N. The van der Waals surface area contributed by atoms with Gasteiger partial charge in [-0.3, -0.25) is 0 Å². The molecule has 3 rings (SSSR count). The van der Waals surface area contributed by atoms with Crippen LogP contribution in [0.25, 0.3) is 10.8 Å². The highest BCUT2D eigenvalue weighted by atomic mass is 16.5. The summed E-state index contributed by atoms with van der Waals surface area (Å²) in [6, 6.07) is 18.9. The number of pyridine rings is 1. The van der Waals surface area contributed by atoms with E-state index in [-0.39, 0.29) is 5.69 Å². The van der Waals surface area contributed by atoms with Gasteiger partial charge >= 0.3 is 0 Å². The Bertz CT molecular complexity index is 816. The Morgan fingerprint density at radius 1 is 1.00 bits per heavy atom. The summed E-state index contributed by atoms with van der Waals surface area (Å²) in [7, 11) is 0. The quantitative estimate of drug-likeness (QED) is 0.766. The van der Waals surface area contributed by atoms with Crippen LogP contribution in [0.1, 0.15) is 5.69 Å². The van der Waals surface area contributed by atoms with E-state index in [4.69, 9.17) is 15.7 Å². The van der Waals surface area contributed by atoms with Crippen LogP contribution < -0.4 is 10.5 Å². The molecule has 96 valence electrons. The zero-order valence-corrected chi connectivity index (χ0v) is 10.6. The summed E-state index contributed by atoms with van der Waals surface area (Å²) in [5.41, 5.74) is 6.16. The highest BCUT2D eigenvalue weighted by molar-refractivity contribution is 5.88. The van der Waals surface area contributed by atoms with Gasteiger partial charge < -0.3 is 10.5 Å². The molecule has 0 bridgehead atoms. The lowest BCUT2D eigenvalue weighted by Crippen LogP contribution is -1.96. The smallest absolute Gasteiger partial charge is 0.220 e. The molecule has 0 aliphatic heterocycles. The first-order valence-electron chi connectivity index (χ1n) is 6.10. The number of nitrogens with two attached hydrogens (primary N) is 1. The summed E-state index contributed by atoms with van der Waals surface area (Å²) in [5.74, 6) is 1.05. The Hall–Kier alpha value is -3.06. The van der Waals surface area contributed by atoms with E-state index < -0.39 is 0 Å². The second-order valence-electron chi connectivity index (χ2n) is 4.28. The Kier molecular flexibility index (Phi) is 2.94. The lowest BCUT2D eigenvalue weighted by molar-refractivity contribution is 0.468. The van der Waals surface area contributed by atoms with Gasteiger partial charge in [0.15, 0.2) is 5.69 Å². The average molecular weight is 261 g/mol. The molecule has 0 aliphatic rings. The number of rotatable bonds is 2. The maximum atomic E-state index is 8.93. The fourth-order valence-corrected chi connectivity index (χ4v) is 2.00. The molecule has 0 fully saturated rings. The predicted molar refractivity (Wildman–Crippen MR) is 77.4 cm³/mol. The number of hydrogen-bond acceptors (Lipinski definition) is 4. The van der Waals surface area contributed by atoms with E-state index in [1.165, 1.54) is 0 Å². The van der Waals surface area contributed by atoms with Gasteiger partial charge in [-0.15, -0.1) is 0 Å². The Balaban J connectivity index is 2.04. The number of benzene rings is 2. The molecular formula is C16H11N3O. The molecule has 0 spiro atoms. The maximum Gasteiger partial charge on any atom is 0.220 e. The minimum absolute atomic E-state index is 0.169. The molecule has 0 atom stereocenters. The van der Waals surface area contributed by atoms with Gasteiger partial charge in [0.2, 0.25) is 5.88 Å². The molecule has 1 aromatic heterocycles. The fourth-order valence-electron chi connectivity index (χ4n) is 2.00. The highest BCUT2D eigenvalue weighted by Gasteiger charge is 2.06. The second kappa shape index (κ2) is 4.90. The summed E-state index contributed by atoms with van der Waals surface area (Å²) in [6.07, 6.45) is 0. The summed E-state index contributed by atoms with van der Waals surface area (Å²) in [6.45, 7) is 0. The minimum atomic E-state index is 0.169. The number of ether oxygens (including phenoxy) is 1. The van der Waals surface area contributed by atoms with Crippen molar-refractivity contribution in [3.05, 3.63) is 60.3 Å². The van der Waals surface area contributed by atoms with Crippen molar-refractivity contribution in [1.29, 1.82) is 5.26 Å². The van der Waals surface area contributed by atoms with Crippen molar-refractivity contribution in [3.8, 4) is 17.7 Å². The molecule has 0 saturated heterocycles. The fraction of sp³-hybridized carbons (Fsp3) is 0. The first-order chi connectivity index (χ1) is 9.78. The van der Waals surface area contributed by atoms with Crippen molar-refractivity contribution < 1.29 is 4.74 Å².